The summed E-state index contributed by atoms with van der Waals surface area (Å²) in [7, 11) is 4.08. The van der Waals surface area contributed by atoms with Gasteiger partial charge in [-0.2, -0.15) is 0 Å². The SMILES string of the molecule is CCN1C=CN(C)C1.CCc1nccn1C.I. The van der Waals surface area contributed by atoms with Gasteiger partial charge in [0.05, 0.1) is 6.67 Å². The van der Waals surface area contributed by atoms with Crippen molar-refractivity contribution in [3.63, 3.8) is 0 Å². The summed E-state index contributed by atoms with van der Waals surface area (Å²) in [4.78, 5) is 8.50. The molecule has 5 heteroatoms. The van der Waals surface area contributed by atoms with Crippen LogP contribution in [0.5, 0.6) is 0 Å². The number of aromatic nitrogens is 2. The quantitative estimate of drug-likeness (QED) is 0.765. The van der Waals surface area contributed by atoms with Crippen molar-refractivity contribution in [3.05, 3.63) is 30.6 Å². The molecule has 0 aliphatic carbocycles. The Morgan fingerprint density at radius 1 is 1.24 bits per heavy atom. The van der Waals surface area contributed by atoms with Crippen molar-refractivity contribution in [2.45, 2.75) is 20.3 Å². The van der Waals surface area contributed by atoms with Gasteiger partial charge in [0.2, 0.25) is 0 Å². The Labute approximate surface area is 121 Å². The monoisotopic (exact) mass is 350 g/mol. The molecule has 98 valence electrons. The van der Waals surface area contributed by atoms with Crippen molar-refractivity contribution in [1.82, 2.24) is 19.4 Å². The first-order valence-corrected chi connectivity index (χ1v) is 5.76. The topological polar surface area (TPSA) is 24.3 Å². The van der Waals surface area contributed by atoms with Gasteiger partial charge in [-0.05, 0) is 6.92 Å². The van der Waals surface area contributed by atoms with Crippen LogP contribution in [0.2, 0.25) is 0 Å². The zero-order valence-corrected chi connectivity index (χ0v) is 13.5. The van der Waals surface area contributed by atoms with Crippen LogP contribution in [0.3, 0.4) is 0 Å². The molecule has 0 saturated carbocycles. The molecule has 0 aromatic carbocycles. The first-order chi connectivity index (χ1) is 7.67. The van der Waals surface area contributed by atoms with E-state index in [1.165, 1.54) is 0 Å². The molecule has 0 atom stereocenters. The Morgan fingerprint density at radius 3 is 2.18 bits per heavy atom. The highest BCUT2D eigenvalue weighted by Gasteiger charge is 2.03. The molecule has 1 aliphatic heterocycles. The number of nitrogens with zero attached hydrogens (tertiary/aromatic N) is 4. The number of imidazole rings is 1. The highest BCUT2D eigenvalue weighted by molar-refractivity contribution is 14.0. The van der Waals surface area contributed by atoms with E-state index in [4.69, 9.17) is 0 Å². The summed E-state index contributed by atoms with van der Waals surface area (Å²) >= 11 is 0. The third-order valence-electron chi connectivity index (χ3n) is 2.58. The molecular formula is C12H23IN4. The van der Waals surface area contributed by atoms with E-state index in [2.05, 4.69) is 48.1 Å². The number of hydrogen-bond acceptors (Lipinski definition) is 3. The van der Waals surface area contributed by atoms with Gasteiger partial charge in [0.25, 0.3) is 0 Å². The van der Waals surface area contributed by atoms with Gasteiger partial charge in [-0.25, -0.2) is 4.98 Å². The van der Waals surface area contributed by atoms with E-state index in [1.807, 2.05) is 24.0 Å². The van der Waals surface area contributed by atoms with E-state index in [-0.39, 0.29) is 24.0 Å². The molecule has 1 aromatic heterocycles. The summed E-state index contributed by atoms with van der Waals surface area (Å²) < 4.78 is 2.03. The molecule has 0 amide bonds. The van der Waals surface area contributed by atoms with Crippen LogP contribution in [0, 0.1) is 0 Å². The van der Waals surface area contributed by atoms with E-state index in [1.54, 1.807) is 0 Å². The van der Waals surface area contributed by atoms with Crippen LogP contribution in [0.1, 0.15) is 19.7 Å². The van der Waals surface area contributed by atoms with E-state index in [9.17, 15) is 0 Å². The Bertz CT molecular complexity index is 335. The van der Waals surface area contributed by atoms with Crippen molar-refractivity contribution in [2.24, 2.45) is 7.05 Å². The Morgan fingerprint density at radius 2 is 1.94 bits per heavy atom. The van der Waals surface area contributed by atoms with Crippen molar-refractivity contribution in [2.75, 3.05) is 20.3 Å². The lowest BCUT2D eigenvalue weighted by atomic mass is 10.5. The Hall–Kier alpha value is -0.720. The molecule has 0 spiro atoms. The number of hydrogen-bond donors (Lipinski definition) is 0. The number of aryl methyl sites for hydroxylation is 2. The van der Waals surface area contributed by atoms with Crippen LogP contribution in [0.15, 0.2) is 24.8 Å². The molecule has 4 nitrogen and oxygen atoms in total. The molecule has 0 saturated heterocycles. The van der Waals surface area contributed by atoms with E-state index >= 15 is 0 Å². The second kappa shape index (κ2) is 8.38. The second-order valence-electron chi connectivity index (χ2n) is 3.91. The molecule has 0 unspecified atom stereocenters. The van der Waals surface area contributed by atoms with Crippen LogP contribution in [-0.4, -0.2) is 39.6 Å². The maximum absolute atomic E-state index is 4.10. The lowest BCUT2D eigenvalue weighted by molar-refractivity contribution is 0.308. The minimum atomic E-state index is 0. The lowest BCUT2D eigenvalue weighted by Gasteiger charge is -2.14. The van der Waals surface area contributed by atoms with Crippen LogP contribution in [0.4, 0.5) is 0 Å². The van der Waals surface area contributed by atoms with Gasteiger partial charge in [0, 0.05) is 51.9 Å². The fraction of sp³-hybridized carbons (Fsp3) is 0.583. The summed E-state index contributed by atoms with van der Waals surface area (Å²) in [5.41, 5.74) is 0. The summed E-state index contributed by atoms with van der Waals surface area (Å²) in [6.07, 6.45) is 8.99. The molecule has 2 heterocycles. The Balaban J connectivity index is 0.000000284. The predicted octanol–water partition coefficient (Wildman–Crippen LogP) is 2.28. The third kappa shape index (κ3) is 5.43. The molecule has 1 aliphatic rings. The van der Waals surface area contributed by atoms with Gasteiger partial charge >= 0.3 is 0 Å². The van der Waals surface area contributed by atoms with Gasteiger partial charge in [0.15, 0.2) is 0 Å². The molecular weight excluding hydrogens is 327 g/mol. The maximum atomic E-state index is 4.10. The van der Waals surface area contributed by atoms with Gasteiger partial charge in [0.1, 0.15) is 5.82 Å². The molecule has 1 aromatic rings. The first kappa shape index (κ1) is 16.3. The van der Waals surface area contributed by atoms with E-state index < -0.39 is 0 Å². The predicted molar refractivity (Wildman–Crippen MR) is 82.2 cm³/mol. The number of halogens is 1. The van der Waals surface area contributed by atoms with Crippen molar-refractivity contribution < 1.29 is 0 Å². The molecule has 0 bridgehead atoms. The normalized spacial score (nSPS) is 13.2. The maximum Gasteiger partial charge on any atom is 0.108 e. The standard InChI is InChI=1S/C6H12N2.C6H10N2.HI/c1-3-8-5-4-7(2)6-8;1-3-6-7-4-5-8(6)2;/h4-5H,3,6H2,1-2H3;4-5H,3H2,1-2H3;1H. The van der Waals surface area contributed by atoms with Crippen molar-refractivity contribution in [1.29, 1.82) is 0 Å². The van der Waals surface area contributed by atoms with Crippen molar-refractivity contribution >= 4 is 24.0 Å². The van der Waals surface area contributed by atoms with Gasteiger partial charge < -0.3 is 14.4 Å². The molecule has 0 radical (unpaired) electrons. The largest absolute Gasteiger partial charge is 0.362 e. The zero-order valence-electron chi connectivity index (χ0n) is 11.1. The Kier molecular flexibility index (Phi) is 8.03. The van der Waals surface area contributed by atoms with E-state index in [0.717, 1.165) is 25.5 Å². The minimum Gasteiger partial charge on any atom is -0.362 e. The first-order valence-electron chi connectivity index (χ1n) is 5.76. The lowest BCUT2D eigenvalue weighted by Crippen LogP contribution is -2.21. The zero-order chi connectivity index (χ0) is 12.0. The fourth-order valence-corrected chi connectivity index (χ4v) is 1.53. The summed E-state index contributed by atoms with van der Waals surface area (Å²) in [6.45, 7) is 6.42. The van der Waals surface area contributed by atoms with Crippen LogP contribution < -0.4 is 0 Å². The van der Waals surface area contributed by atoms with Gasteiger partial charge in [-0.1, -0.05) is 6.92 Å². The number of rotatable bonds is 2. The minimum absolute atomic E-state index is 0. The van der Waals surface area contributed by atoms with Crippen LogP contribution in [-0.2, 0) is 13.5 Å². The summed E-state index contributed by atoms with van der Waals surface area (Å²) in [5, 5.41) is 0. The highest BCUT2D eigenvalue weighted by atomic mass is 127. The van der Waals surface area contributed by atoms with E-state index in [0.29, 0.717) is 0 Å². The second-order valence-corrected chi connectivity index (χ2v) is 3.91. The average Bonchev–Trinajstić information content (AvgIpc) is 2.87. The van der Waals surface area contributed by atoms with Gasteiger partial charge in [-0.15, -0.1) is 24.0 Å². The third-order valence-corrected chi connectivity index (χ3v) is 2.58. The van der Waals surface area contributed by atoms with Crippen molar-refractivity contribution in [3.8, 4) is 0 Å². The summed E-state index contributed by atoms with van der Waals surface area (Å²) in [5.74, 6) is 1.14. The highest BCUT2D eigenvalue weighted by Crippen LogP contribution is 2.00. The van der Waals surface area contributed by atoms with Gasteiger partial charge in [-0.3, -0.25) is 0 Å². The molecule has 0 N–H and O–H groups in total. The van der Waals surface area contributed by atoms with Crippen LogP contribution >= 0.6 is 24.0 Å². The summed E-state index contributed by atoms with van der Waals surface area (Å²) in [6, 6.07) is 0. The smallest absolute Gasteiger partial charge is 0.108 e. The fourth-order valence-electron chi connectivity index (χ4n) is 1.53. The average molecular weight is 350 g/mol. The molecule has 0 fully saturated rings. The molecule has 2 rings (SSSR count). The van der Waals surface area contributed by atoms with Crippen LogP contribution in [0.25, 0.3) is 0 Å². The molecule has 17 heavy (non-hydrogen) atoms.